The van der Waals surface area contributed by atoms with Crippen molar-refractivity contribution in [2.75, 3.05) is 19.6 Å². The van der Waals surface area contributed by atoms with Crippen molar-refractivity contribution < 1.29 is 4.79 Å². The molecule has 4 heteroatoms. The first-order chi connectivity index (χ1) is 8.52. The highest BCUT2D eigenvalue weighted by Crippen LogP contribution is 1.99. The summed E-state index contributed by atoms with van der Waals surface area (Å²) >= 11 is 0. The van der Waals surface area contributed by atoms with Crippen LogP contribution in [-0.4, -0.2) is 37.6 Å². The van der Waals surface area contributed by atoms with E-state index >= 15 is 0 Å². The van der Waals surface area contributed by atoms with Gasteiger partial charge in [-0.3, -0.25) is 4.79 Å². The molecule has 108 valence electrons. The molecule has 0 unspecified atom stereocenters. The van der Waals surface area contributed by atoms with Crippen molar-refractivity contribution in [2.45, 2.75) is 65.5 Å². The monoisotopic (exact) mass is 257 g/mol. The second kappa shape index (κ2) is 11.5. The van der Waals surface area contributed by atoms with Gasteiger partial charge in [-0.1, -0.05) is 34.1 Å². The van der Waals surface area contributed by atoms with E-state index in [-0.39, 0.29) is 5.91 Å². The van der Waals surface area contributed by atoms with Crippen molar-refractivity contribution in [1.82, 2.24) is 16.0 Å². The van der Waals surface area contributed by atoms with Crippen molar-refractivity contribution in [3.05, 3.63) is 0 Å². The van der Waals surface area contributed by atoms with Crippen LogP contribution in [-0.2, 0) is 4.79 Å². The van der Waals surface area contributed by atoms with Gasteiger partial charge in [-0.05, 0) is 19.4 Å². The summed E-state index contributed by atoms with van der Waals surface area (Å²) in [5.41, 5.74) is 0. The molecule has 0 aromatic carbocycles. The van der Waals surface area contributed by atoms with Crippen molar-refractivity contribution >= 4 is 5.91 Å². The molecule has 0 aliphatic carbocycles. The lowest BCUT2D eigenvalue weighted by molar-refractivity contribution is -0.121. The van der Waals surface area contributed by atoms with Crippen LogP contribution in [0, 0.1) is 0 Å². The first-order valence-electron chi connectivity index (χ1n) is 7.26. The van der Waals surface area contributed by atoms with E-state index < -0.39 is 0 Å². The summed E-state index contributed by atoms with van der Waals surface area (Å²) in [6.07, 6.45) is 3.92. The molecule has 18 heavy (non-hydrogen) atoms. The third-order valence-corrected chi connectivity index (χ3v) is 2.63. The molecule has 0 aromatic heterocycles. The molecular formula is C14H31N3O. The summed E-state index contributed by atoms with van der Waals surface area (Å²) in [5.74, 6) is 0.178. The molecule has 0 saturated carbocycles. The number of unbranched alkanes of at least 4 members (excludes halogenated alkanes) is 2. The molecule has 0 atom stereocenters. The summed E-state index contributed by atoms with van der Waals surface area (Å²) < 4.78 is 0. The maximum atomic E-state index is 11.5. The molecular weight excluding hydrogens is 226 g/mol. The minimum absolute atomic E-state index is 0.178. The van der Waals surface area contributed by atoms with E-state index in [2.05, 4.69) is 43.6 Å². The molecule has 0 rings (SSSR count). The third-order valence-electron chi connectivity index (χ3n) is 2.63. The van der Waals surface area contributed by atoms with Crippen LogP contribution >= 0.6 is 0 Å². The first-order valence-corrected chi connectivity index (χ1v) is 7.26. The predicted molar refractivity (Wildman–Crippen MR) is 77.8 cm³/mol. The third kappa shape index (κ3) is 13.5. The van der Waals surface area contributed by atoms with E-state index in [4.69, 9.17) is 0 Å². The Labute approximate surface area is 112 Å². The van der Waals surface area contributed by atoms with Crippen LogP contribution in [0.2, 0.25) is 0 Å². The van der Waals surface area contributed by atoms with Crippen molar-refractivity contribution in [3.8, 4) is 0 Å². The van der Waals surface area contributed by atoms with Gasteiger partial charge in [0, 0.05) is 31.6 Å². The Morgan fingerprint density at radius 1 is 0.833 bits per heavy atom. The zero-order chi connectivity index (χ0) is 13.8. The minimum Gasteiger partial charge on any atom is -0.355 e. The molecule has 0 spiro atoms. The predicted octanol–water partition coefficient (Wildman–Crippen LogP) is 1.66. The highest BCUT2D eigenvalue weighted by atomic mass is 16.1. The van der Waals surface area contributed by atoms with Crippen LogP contribution in [0.5, 0.6) is 0 Å². The normalized spacial score (nSPS) is 11.2. The Hall–Kier alpha value is -0.610. The van der Waals surface area contributed by atoms with E-state index in [0.29, 0.717) is 18.5 Å². The molecule has 0 bridgehead atoms. The fraction of sp³-hybridized carbons (Fsp3) is 0.929. The maximum absolute atomic E-state index is 11.5. The fourth-order valence-electron chi connectivity index (χ4n) is 1.63. The zero-order valence-corrected chi connectivity index (χ0v) is 12.5. The van der Waals surface area contributed by atoms with Crippen LogP contribution in [0.4, 0.5) is 0 Å². The van der Waals surface area contributed by atoms with Crippen LogP contribution in [0.3, 0.4) is 0 Å². The summed E-state index contributed by atoms with van der Waals surface area (Å²) in [5, 5.41) is 9.58. The lowest BCUT2D eigenvalue weighted by atomic mass is 10.2. The Bertz CT molecular complexity index is 205. The summed E-state index contributed by atoms with van der Waals surface area (Å²) in [6, 6.07) is 1.04. The van der Waals surface area contributed by atoms with Crippen molar-refractivity contribution in [1.29, 1.82) is 0 Å². The van der Waals surface area contributed by atoms with Gasteiger partial charge in [-0.15, -0.1) is 0 Å². The summed E-state index contributed by atoms with van der Waals surface area (Å²) in [7, 11) is 0. The topological polar surface area (TPSA) is 53.2 Å². The van der Waals surface area contributed by atoms with Crippen LogP contribution in [0.25, 0.3) is 0 Å². The highest BCUT2D eigenvalue weighted by molar-refractivity contribution is 5.75. The molecule has 3 N–H and O–H groups in total. The lowest BCUT2D eigenvalue weighted by Gasteiger charge is -2.09. The van der Waals surface area contributed by atoms with E-state index in [1.165, 1.54) is 0 Å². The Kier molecular flexibility index (Phi) is 11.1. The van der Waals surface area contributed by atoms with Gasteiger partial charge in [-0.25, -0.2) is 0 Å². The Balaban J connectivity index is 3.22. The smallest absolute Gasteiger partial charge is 0.220 e. The fourth-order valence-corrected chi connectivity index (χ4v) is 1.63. The van der Waals surface area contributed by atoms with E-state index in [1.54, 1.807) is 0 Å². The Morgan fingerprint density at radius 3 is 2.06 bits per heavy atom. The van der Waals surface area contributed by atoms with Crippen molar-refractivity contribution in [2.24, 2.45) is 0 Å². The largest absolute Gasteiger partial charge is 0.355 e. The van der Waals surface area contributed by atoms with Crippen LogP contribution < -0.4 is 16.0 Å². The molecule has 1 amide bonds. The van der Waals surface area contributed by atoms with Crippen LogP contribution in [0.1, 0.15) is 53.4 Å². The standard InChI is InChI=1S/C14H31N3O/c1-12(2)15-9-7-5-6-8-14(18)17-11-10-16-13(3)4/h12-13,15-16H,5-11H2,1-4H3,(H,17,18). The molecule has 4 nitrogen and oxygen atoms in total. The first kappa shape index (κ1) is 17.4. The van der Waals surface area contributed by atoms with Gasteiger partial charge in [0.05, 0.1) is 0 Å². The number of carbonyl (C=O) groups is 1. The number of nitrogens with one attached hydrogen (secondary N) is 3. The SMILES string of the molecule is CC(C)NCCCCCC(=O)NCCNC(C)C. The summed E-state index contributed by atoms with van der Waals surface area (Å²) in [4.78, 5) is 11.5. The number of rotatable bonds is 11. The second-order valence-electron chi connectivity index (χ2n) is 5.38. The number of carbonyl (C=O) groups excluding carboxylic acids is 1. The quantitative estimate of drug-likeness (QED) is 0.493. The van der Waals surface area contributed by atoms with Crippen molar-refractivity contribution in [3.63, 3.8) is 0 Å². The maximum Gasteiger partial charge on any atom is 0.220 e. The second-order valence-corrected chi connectivity index (χ2v) is 5.38. The molecule has 0 aromatic rings. The van der Waals surface area contributed by atoms with E-state index in [0.717, 1.165) is 38.9 Å². The van der Waals surface area contributed by atoms with Gasteiger partial charge in [0.1, 0.15) is 0 Å². The Morgan fingerprint density at radius 2 is 1.44 bits per heavy atom. The van der Waals surface area contributed by atoms with Gasteiger partial charge in [-0.2, -0.15) is 0 Å². The molecule has 0 aliphatic rings. The van der Waals surface area contributed by atoms with Gasteiger partial charge < -0.3 is 16.0 Å². The molecule has 0 radical (unpaired) electrons. The van der Waals surface area contributed by atoms with Gasteiger partial charge in [0.25, 0.3) is 0 Å². The summed E-state index contributed by atoms with van der Waals surface area (Å²) in [6.45, 7) is 11.1. The van der Waals surface area contributed by atoms with E-state index in [1.807, 2.05) is 0 Å². The van der Waals surface area contributed by atoms with Gasteiger partial charge >= 0.3 is 0 Å². The minimum atomic E-state index is 0.178. The van der Waals surface area contributed by atoms with Gasteiger partial charge in [0.2, 0.25) is 5.91 Å². The zero-order valence-electron chi connectivity index (χ0n) is 12.5. The molecule has 0 aliphatic heterocycles. The van der Waals surface area contributed by atoms with Gasteiger partial charge in [0.15, 0.2) is 0 Å². The lowest BCUT2D eigenvalue weighted by Crippen LogP contribution is -2.34. The number of amides is 1. The molecule has 0 heterocycles. The molecule has 0 fully saturated rings. The number of hydrogen-bond donors (Lipinski definition) is 3. The highest BCUT2D eigenvalue weighted by Gasteiger charge is 2.00. The average molecular weight is 257 g/mol. The van der Waals surface area contributed by atoms with Crippen LogP contribution in [0.15, 0.2) is 0 Å². The average Bonchev–Trinajstić information content (AvgIpc) is 2.28. The molecule has 0 saturated heterocycles. The van der Waals surface area contributed by atoms with E-state index in [9.17, 15) is 4.79 Å². The number of hydrogen-bond acceptors (Lipinski definition) is 3.